The standard InChI is InChI=1S/C16H10ClNO3/c17-11-5-3-4-10(8-11)9-13-12-6-1-2-7-14(12)18(15(13)19)16(20)21/h1-9H,(H,20,21). The maximum absolute atomic E-state index is 12.3. The smallest absolute Gasteiger partial charge is 0.419 e. The fourth-order valence-electron chi connectivity index (χ4n) is 2.33. The summed E-state index contributed by atoms with van der Waals surface area (Å²) in [6.45, 7) is 0. The highest BCUT2D eigenvalue weighted by molar-refractivity contribution is 6.41. The van der Waals surface area contributed by atoms with Gasteiger partial charge in [0.1, 0.15) is 0 Å². The lowest BCUT2D eigenvalue weighted by Gasteiger charge is -2.09. The molecule has 0 aromatic heterocycles. The zero-order valence-electron chi connectivity index (χ0n) is 10.8. The van der Waals surface area contributed by atoms with Crippen molar-refractivity contribution in [3.05, 3.63) is 64.7 Å². The molecule has 0 saturated carbocycles. The molecule has 0 fully saturated rings. The summed E-state index contributed by atoms with van der Waals surface area (Å²) < 4.78 is 0. The van der Waals surface area contributed by atoms with Gasteiger partial charge in [-0.1, -0.05) is 41.9 Å². The Bertz CT molecular complexity index is 783. The summed E-state index contributed by atoms with van der Waals surface area (Å²) in [5.41, 5.74) is 2.07. The molecule has 0 bridgehead atoms. The van der Waals surface area contributed by atoms with E-state index >= 15 is 0 Å². The van der Waals surface area contributed by atoms with Crippen molar-refractivity contribution in [3.63, 3.8) is 0 Å². The zero-order chi connectivity index (χ0) is 15.0. The van der Waals surface area contributed by atoms with E-state index in [4.69, 9.17) is 11.6 Å². The summed E-state index contributed by atoms with van der Waals surface area (Å²) in [4.78, 5) is 24.4. The molecule has 1 N–H and O–H groups in total. The number of hydrogen-bond acceptors (Lipinski definition) is 2. The molecule has 0 atom stereocenters. The highest BCUT2D eigenvalue weighted by atomic mass is 35.5. The Morgan fingerprint density at radius 3 is 2.62 bits per heavy atom. The second-order valence-electron chi connectivity index (χ2n) is 4.55. The first-order valence-electron chi connectivity index (χ1n) is 6.22. The number of nitrogens with zero attached hydrogens (tertiary/aromatic N) is 1. The van der Waals surface area contributed by atoms with Crippen LogP contribution in [-0.2, 0) is 4.79 Å². The summed E-state index contributed by atoms with van der Waals surface area (Å²) in [7, 11) is 0. The van der Waals surface area contributed by atoms with Gasteiger partial charge >= 0.3 is 6.09 Å². The molecule has 2 aromatic carbocycles. The van der Waals surface area contributed by atoms with E-state index in [9.17, 15) is 14.7 Å². The molecule has 3 rings (SSSR count). The third-order valence-electron chi connectivity index (χ3n) is 3.22. The van der Waals surface area contributed by atoms with Crippen LogP contribution in [0.15, 0.2) is 48.5 Å². The summed E-state index contributed by atoms with van der Waals surface area (Å²) in [5.74, 6) is -0.552. The Balaban J connectivity index is 2.16. The lowest BCUT2D eigenvalue weighted by atomic mass is 10.0. The van der Waals surface area contributed by atoms with Gasteiger partial charge in [0.05, 0.1) is 11.3 Å². The van der Waals surface area contributed by atoms with Crippen LogP contribution in [0.4, 0.5) is 10.5 Å². The molecule has 0 unspecified atom stereocenters. The van der Waals surface area contributed by atoms with E-state index in [0.29, 0.717) is 21.8 Å². The summed E-state index contributed by atoms with van der Waals surface area (Å²) in [6.07, 6.45) is 0.359. The van der Waals surface area contributed by atoms with Crippen molar-refractivity contribution in [1.82, 2.24) is 0 Å². The minimum atomic E-state index is -1.29. The number of anilines is 1. The predicted molar refractivity (Wildman–Crippen MR) is 81.3 cm³/mol. The molecular weight excluding hydrogens is 290 g/mol. The van der Waals surface area contributed by atoms with E-state index in [-0.39, 0.29) is 0 Å². The van der Waals surface area contributed by atoms with Gasteiger partial charge in [0.2, 0.25) is 0 Å². The largest absolute Gasteiger partial charge is 0.464 e. The van der Waals surface area contributed by atoms with Crippen LogP contribution in [0, 0.1) is 0 Å². The number of halogens is 1. The van der Waals surface area contributed by atoms with E-state index in [0.717, 1.165) is 10.5 Å². The minimum absolute atomic E-state index is 0.343. The third-order valence-corrected chi connectivity index (χ3v) is 3.45. The molecule has 5 heteroatoms. The van der Waals surface area contributed by atoms with Gasteiger partial charge in [-0.05, 0) is 29.8 Å². The van der Waals surface area contributed by atoms with Crippen LogP contribution in [0.5, 0.6) is 0 Å². The van der Waals surface area contributed by atoms with Crippen molar-refractivity contribution in [2.75, 3.05) is 4.90 Å². The first kappa shape index (κ1) is 13.4. The van der Waals surface area contributed by atoms with Gasteiger partial charge in [0, 0.05) is 10.6 Å². The molecule has 0 saturated heterocycles. The Hall–Kier alpha value is -2.59. The van der Waals surface area contributed by atoms with Gasteiger partial charge in [-0.15, -0.1) is 0 Å². The first-order valence-corrected chi connectivity index (χ1v) is 6.60. The monoisotopic (exact) mass is 299 g/mol. The molecule has 2 amide bonds. The Kier molecular flexibility index (Phi) is 3.23. The molecule has 4 nitrogen and oxygen atoms in total. The number of amides is 2. The number of carbonyl (C=O) groups is 2. The van der Waals surface area contributed by atoms with Crippen molar-refractivity contribution < 1.29 is 14.7 Å². The molecule has 21 heavy (non-hydrogen) atoms. The van der Waals surface area contributed by atoms with Crippen molar-refractivity contribution in [1.29, 1.82) is 0 Å². The van der Waals surface area contributed by atoms with E-state index < -0.39 is 12.0 Å². The van der Waals surface area contributed by atoms with Crippen LogP contribution in [0.1, 0.15) is 11.1 Å². The molecule has 1 aliphatic heterocycles. The number of imide groups is 1. The quantitative estimate of drug-likeness (QED) is 0.812. The number of carboxylic acid groups (broad SMARTS) is 1. The fraction of sp³-hybridized carbons (Fsp3) is 0. The average molecular weight is 300 g/mol. The number of benzene rings is 2. The fourth-order valence-corrected chi connectivity index (χ4v) is 2.53. The van der Waals surface area contributed by atoms with Crippen molar-refractivity contribution in [2.24, 2.45) is 0 Å². The van der Waals surface area contributed by atoms with Crippen LogP contribution in [0.3, 0.4) is 0 Å². The lowest BCUT2D eigenvalue weighted by molar-refractivity contribution is -0.112. The van der Waals surface area contributed by atoms with Gasteiger partial charge in [-0.25, -0.2) is 9.69 Å². The number of para-hydroxylation sites is 1. The van der Waals surface area contributed by atoms with Gasteiger partial charge < -0.3 is 5.11 Å². The Labute approximate surface area is 125 Å². The zero-order valence-corrected chi connectivity index (χ0v) is 11.5. The van der Waals surface area contributed by atoms with Gasteiger partial charge in [-0.2, -0.15) is 0 Å². The van der Waals surface area contributed by atoms with Crippen molar-refractivity contribution >= 4 is 40.9 Å². The summed E-state index contributed by atoms with van der Waals surface area (Å²) in [5, 5.41) is 9.77. The number of hydrogen-bond donors (Lipinski definition) is 1. The van der Waals surface area contributed by atoms with Crippen LogP contribution in [0.2, 0.25) is 5.02 Å². The molecular formula is C16H10ClNO3. The van der Waals surface area contributed by atoms with Gasteiger partial charge in [0.15, 0.2) is 0 Å². The summed E-state index contributed by atoms with van der Waals surface area (Å²) >= 11 is 5.93. The van der Waals surface area contributed by atoms with Crippen molar-refractivity contribution in [2.45, 2.75) is 0 Å². The average Bonchev–Trinajstić information content (AvgIpc) is 2.72. The van der Waals surface area contributed by atoms with Crippen LogP contribution < -0.4 is 4.90 Å². The van der Waals surface area contributed by atoms with Gasteiger partial charge in [0.25, 0.3) is 5.91 Å². The molecule has 2 aromatic rings. The van der Waals surface area contributed by atoms with E-state index in [1.165, 1.54) is 0 Å². The van der Waals surface area contributed by atoms with Crippen LogP contribution in [-0.4, -0.2) is 17.1 Å². The van der Waals surface area contributed by atoms with E-state index in [1.54, 1.807) is 54.6 Å². The number of fused-ring (bicyclic) bond motifs is 1. The molecule has 1 heterocycles. The van der Waals surface area contributed by atoms with Crippen LogP contribution in [0.25, 0.3) is 11.6 Å². The van der Waals surface area contributed by atoms with E-state index in [2.05, 4.69) is 0 Å². The molecule has 0 radical (unpaired) electrons. The Morgan fingerprint density at radius 1 is 1.14 bits per heavy atom. The third kappa shape index (κ3) is 2.30. The molecule has 0 spiro atoms. The molecule has 1 aliphatic rings. The predicted octanol–water partition coefficient (Wildman–Crippen LogP) is 3.91. The second kappa shape index (κ2) is 5.07. The van der Waals surface area contributed by atoms with Crippen LogP contribution >= 0.6 is 11.6 Å². The van der Waals surface area contributed by atoms with E-state index in [1.807, 2.05) is 0 Å². The SMILES string of the molecule is O=C(O)N1C(=O)C(=Cc2cccc(Cl)c2)c2ccccc21. The Morgan fingerprint density at radius 2 is 1.90 bits per heavy atom. The van der Waals surface area contributed by atoms with Crippen molar-refractivity contribution in [3.8, 4) is 0 Å². The summed E-state index contributed by atoms with van der Waals surface area (Å²) in [6, 6.07) is 13.8. The highest BCUT2D eigenvalue weighted by Crippen LogP contribution is 2.37. The maximum atomic E-state index is 12.3. The molecule has 104 valence electrons. The second-order valence-corrected chi connectivity index (χ2v) is 4.99. The minimum Gasteiger partial charge on any atom is -0.464 e. The molecule has 0 aliphatic carbocycles. The number of rotatable bonds is 1. The normalized spacial score (nSPS) is 15.4. The first-order chi connectivity index (χ1) is 10.1. The van der Waals surface area contributed by atoms with Gasteiger partial charge in [-0.3, -0.25) is 4.79 Å². The number of carbonyl (C=O) groups excluding carboxylic acids is 1. The topological polar surface area (TPSA) is 57.6 Å². The maximum Gasteiger partial charge on any atom is 0.419 e. The highest BCUT2D eigenvalue weighted by Gasteiger charge is 2.36. The lowest BCUT2D eigenvalue weighted by Crippen LogP contribution is -2.31.